The van der Waals surface area contributed by atoms with Crippen LogP contribution in [-0.4, -0.2) is 23.3 Å². The van der Waals surface area contributed by atoms with Gasteiger partial charge < -0.3 is 20.7 Å². The highest BCUT2D eigenvalue weighted by molar-refractivity contribution is 5.68. The van der Waals surface area contributed by atoms with Crippen molar-refractivity contribution in [3.63, 3.8) is 0 Å². The largest absolute Gasteiger partial charge is 0.507 e. The number of para-hydroxylation sites is 1. The normalized spacial score (nSPS) is 12.4. The summed E-state index contributed by atoms with van der Waals surface area (Å²) in [5, 5.41) is 18.5. The van der Waals surface area contributed by atoms with Crippen molar-refractivity contribution in [3.8, 4) is 5.75 Å². The van der Waals surface area contributed by atoms with E-state index in [4.69, 9.17) is 15.6 Å². The molecule has 0 aliphatic carbocycles. The lowest BCUT2D eigenvalue weighted by Gasteiger charge is -2.13. The Morgan fingerprint density at radius 3 is 2.81 bits per heavy atom. The maximum atomic E-state index is 10.5. The van der Waals surface area contributed by atoms with Gasteiger partial charge in [0.15, 0.2) is 0 Å². The number of benzene rings is 1. The van der Waals surface area contributed by atoms with Crippen LogP contribution in [0.4, 0.5) is 0 Å². The molecule has 1 aromatic carbocycles. The van der Waals surface area contributed by atoms with Gasteiger partial charge in [0.25, 0.3) is 0 Å². The van der Waals surface area contributed by atoms with Gasteiger partial charge in [0.05, 0.1) is 13.0 Å². The molecule has 0 spiro atoms. The second-order valence-corrected chi connectivity index (χ2v) is 3.49. The molecule has 1 aromatic rings. The molecule has 0 saturated carbocycles. The highest BCUT2D eigenvalue weighted by Crippen LogP contribution is 2.28. The molecule has 0 aliphatic heterocycles. The van der Waals surface area contributed by atoms with Crippen molar-refractivity contribution in [2.24, 2.45) is 5.73 Å². The first-order chi connectivity index (χ1) is 7.56. The molecule has 4 N–H and O–H groups in total. The third-order valence-corrected chi connectivity index (χ3v) is 2.24. The van der Waals surface area contributed by atoms with Gasteiger partial charge in [0.1, 0.15) is 5.75 Å². The SMILES string of the molecule is COCc1cccc(C(N)CC(=O)O)c1O. The van der Waals surface area contributed by atoms with E-state index >= 15 is 0 Å². The molecule has 88 valence electrons. The van der Waals surface area contributed by atoms with Crippen LogP contribution in [0.2, 0.25) is 0 Å². The molecule has 0 aliphatic rings. The van der Waals surface area contributed by atoms with Crippen LogP contribution in [0, 0.1) is 0 Å². The number of rotatable bonds is 5. The fourth-order valence-corrected chi connectivity index (χ4v) is 1.48. The summed E-state index contributed by atoms with van der Waals surface area (Å²) < 4.78 is 4.91. The summed E-state index contributed by atoms with van der Waals surface area (Å²) in [5.41, 5.74) is 6.71. The first kappa shape index (κ1) is 12.5. The molecule has 0 saturated heterocycles. The van der Waals surface area contributed by atoms with Crippen molar-refractivity contribution in [2.75, 3.05) is 7.11 Å². The molecule has 0 bridgehead atoms. The summed E-state index contributed by atoms with van der Waals surface area (Å²) in [6, 6.07) is 4.32. The van der Waals surface area contributed by atoms with E-state index in [2.05, 4.69) is 0 Å². The van der Waals surface area contributed by atoms with Crippen molar-refractivity contribution in [3.05, 3.63) is 29.3 Å². The minimum absolute atomic E-state index is 0.0121. The molecule has 1 atom stereocenters. The Hall–Kier alpha value is -1.59. The molecule has 0 amide bonds. The van der Waals surface area contributed by atoms with E-state index in [0.29, 0.717) is 11.1 Å². The zero-order valence-corrected chi connectivity index (χ0v) is 9.01. The van der Waals surface area contributed by atoms with Crippen LogP contribution in [0.25, 0.3) is 0 Å². The van der Waals surface area contributed by atoms with Gasteiger partial charge in [-0.3, -0.25) is 4.79 Å². The standard InChI is InChI=1S/C11H15NO4/c1-16-6-7-3-2-4-8(11(7)15)9(12)5-10(13)14/h2-4,9,15H,5-6,12H2,1H3,(H,13,14). The number of hydrogen-bond donors (Lipinski definition) is 3. The predicted molar refractivity (Wildman–Crippen MR) is 58.0 cm³/mol. The molecule has 5 nitrogen and oxygen atoms in total. The van der Waals surface area contributed by atoms with E-state index in [0.717, 1.165) is 0 Å². The summed E-state index contributed by atoms with van der Waals surface area (Å²) >= 11 is 0. The molecule has 0 fully saturated rings. The summed E-state index contributed by atoms with van der Waals surface area (Å²) in [7, 11) is 1.52. The highest BCUT2D eigenvalue weighted by Gasteiger charge is 2.16. The highest BCUT2D eigenvalue weighted by atomic mass is 16.5. The minimum atomic E-state index is -0.996. The Bertz CT molecular complexity index is 378. The molecule has 1 unspecified atom stereocenters. The molecule has 5 heteroatoms. The van der Waals surface area contributed by atoms with Crippen LogP contribution in [0.5, 0.6) is 5.75 Å². The van der Waals surface area contributed by atoms with Crippen LogP contribution in [0.15, 0.2) is 18.2 Å². The number of nitrogens with two attached hydrogens (primary N) is 1. The molecule has 0 heterocycles. The predicted octanol–water partition coefficient (Wildman–Crippen LogP) is 1.01. The summed E-state index contributed by atoms with van der Waals surface area (Å²) in [4.78, 5) is 10.5. The fourth-order valence-electron chi connectivity index (χ4n) is 1.48. The van der Waals surface area contributed by atoms with Crippen molar-refractivity contribution >= 4 is 5.97 Å². The molecule has 16 heavy (non-hydrogen) atoms. The van der Waals surface area contributed by atoms with Gasteiger partial charge in [-0.25, -0.2) is 0 Å². The van der Waals surface area contributed by atoms with Crippen LogP contribution >= 0.6 is 0 Å². The van der Waals surface area contributed by atoms with Crippen LogP contribution in [0.3, 0.4) is 0 Å². The second kappa shape index (κ2) is 5.48. The number of hydrogen-bond acceptors (Lipinski definition) is 4. The van der Waals surface area contributed by atoms with Crippen molar-refractivity contribution in [1.29, 1.82) is 0 Å². The van der Waals surface area contributed by atoms with Gasteiger partial charge in [0, 0.05) is 24.3 Å². The van der Waals surface area contributed by atoms with Crippen molar-refractivity contribution in [1.82, 2.24) is 0 Å². The van der Waals surface area contributed by atoms with Gasteiger partial charge in [0.2, 0.25) is 0 Å². The molecule has 1 rings (SSSR count). The van der Waals surface area contributed by atoms with Gasteiger partial charge in [-0.15, -0.1) is 0 Å². The third kappa shape index (κ3) is 2.95. The molecular formula is C11H15NO4. The number of carboxylic acid groups (broad SMARTS) is 1. The molecular weight excluding hydrogens is 210 g/mol. The van der Waals surface area contributed by atoms with Crippen LogP contribution < -0.4 is 5.73 Å². The summed E-state index contributed by atoms with van der Waals surface area (Å²) in [6.45, 7) is 0.263. The lowest BCUT2D eigenvalue weighted by Crippen LogP contribution is -2.15. The Kier molecular flexibility index (Phi) is 4.28. The lowest BCUT2D eigenvalue weighted by atomic mass is 10.0. The first-order valence-electron chi connectivity index (χ1n) is 4.83. The lowest BCUT2D eigenvalue weighted by molar-refractivity contribution is -0.137. The Labute approximate surface area is 93.5 Å². The van der Waals surface area contributed by atoms with Gasteiger partial charge in [-0.05, 0) is 0 Å². The number of aromatic hydroxyl groups is 1. The number of aliphatic carboxylic acids is 1. The monoisotopic (exact) mass is 225 g/mol. The summed E-state index contributed by atoms with van der Waals surface area (Å²) in [6.07, 6.45) is -0.218. The number of phenols is 1. The number of methoxy groups -OCH3 is 1. The fraction of sp³-hybridized carbons (Fsp3) is 0.364. The van der Waals surface area contributed by atoms with E-state index in [9.17, 15) is 9.90 Å². The maximum Gasteiger partial charge on any atom is 0.305 e. The number of phenolic OH excluding ortho intramolecular Hbond substituents is 1. The third-order valence-electron chi connectivity index (χ3n) is 2.24. The van der Waals surface area contributed by atoms with Gasteiger partial charge in [-0.1, -0.05) is 18.2 Å². The van der Waals surface area contributed by atoms with Crippen LogP contribution in [-0.2, 0) is 16.1 Å². The van der Waals surface area contributed by atoms with Gasteiger partial charge >= 0.3 is 5.97 Å². The smallest absolute Gasteiger partial charge is 0.305 e. The Balaban J connectivity index is 2.95. The minimum Gasteiger partial charge on any atom is -0.507 e. The van der Waals surface area contributed by atoms with Crippen molar-refractivity contribution in [2.45, 2.75) is 19.1 Å². The number of carboxylic acids is 1. The van der Waals surface area contributed by atoms with E-state index in [1.807, 2.05) is 0 Å². The topological polar surface area (TPSA) is 92.8 Å². The maximum absolute atomic E-state index is 10.5. The average molecular weight is 225 g/mol. The quantitative estimate of drug-likeness (QED) is 0.695. The second-order valence-electron chi connectivity index (χ2n) is 3.49. The summed E-state index contributed by atoms with van der Waals surface area (Å²) in [5.74, 6) is -0.984. The van der Waals surface area contributed by atoms with E-state index in [1.54, 1.807) is 18.2 Å². The van der Waals surface area contributed by atoms with E-state index in [1.165, 1.54) is 7.11 Å². The van der Waals surface area contributed by atoms with E-state index in [-0.39, 0.29) is 18.8 Å². The van der Waals surface area contributed by atoms with Crippen LogP contribution in [0.1, 0.15) is 23.6 Å². The first-order valence-corrected chi connectivity index (χ1v) is 4.83. The van der Waals surface area contributed by atoms with E-state index < -0.39 is 12.0 Å². The Morgan fingerprint density at radius 1 is 1.56 bits per heavy atom. The zero-order chi connectivity index (χ0) is 12.1. The number of ether oxygens (including phenoxy) is 1. The molecule has 0 radical (unpaired) electrons. The zero-order valence-electron chi connectivity index (χ0n) is 9.01. The average Bonchev–Trinajstić information content (AvgIpc) is 2.20. The van der Waals surface area contributed by atoms with Crippen molar-refractivity contribution < 1.29 is 19.7 Å². The number of carbonyl (C=O) groups is 1. The van der Waals surface area contributed by atoms with Gasteiger partial charge in [-0.2, -0.15) is 0 Å². The molecule has 0 aromatic heterocycles. The Morgan fingerprint density at radius 2 is 2.25 bits per heavy atom.